The molecular weight excluding hydrogens is 238 g/mol. The van der Waals surface area contributed by atoms with Gasteiger partial charge in [-0.1, -0.05) is 0 Å². The molecule has 1 aromatic carbocycles. The number of rotatable bonds is 4. The number of benzene rings is 1. The van der Waals surface area contributed by atoms with Gasteiger partial charge in [-0.3, -0.25) is 0 Å². The lowest BCUT2D eigenvalue weighted by atomic mass is 10.2. The van der Waals surface area contributed by atoms with Crippen LogP contribution in [0.5, 0.6) is 0 Å². The largest absolute Gasteiger partial charge is 0.399 e. The molecule has 0 bridgehead atoms. The van der Waals surface area contributed by atoms with Crippen LogP contribution in [0, 0.1) is 0 Å². The second kappa shape index (κ2) is 4.19. The van der Waals surface area contributed by atoms with Crippen molar-refractivity contribution in [2.75, 3.05) is 17.2 Å². The van der Waals surface area contributed by atoms with Gasteiger partial charge >= 0.3 is 0 Å². The van der Waals surface area contributed by atoms with Crippen molar-refractivity contribution in [2.45, 2.75) is 30.7 Å². The molecule has 94 valence electrons. The third-order valence-electron chi connectivity index (χ3n) is 2.90. The number of nitrogen functional groups attached to an aromatic ring is 1. The van der Waals surface area contributed by atoms with Gasteiger partial charge < -0.3 is 10.6 Å². The average molecular weight is 255 g/mol. The van der Waals surface area contributed by atoms with Gasteiger partial charge in [-0.05, 0) is 38.0 Å². The first-order valence-corrected chi connectivity index (χ1v) is 7.16. The number of primary sulfonamides is 1. The van der Waals surface area contributed by atoms with E-state index in [0.717, 1.165) is 25.1 Å². The van der Waals surface area contributed by atoms with Crippen LogP contribution in [-0.4, -0.2) is 21.0 Å². The fraction of sp³-hybridized carbons (Fsp3) is 0.455. The molecule has 17 heavy (non-hydrogen) atoms. The molecule has 0 saturated heterocycles. The summed E-state index contributed by atoms with van der Waals surface area (Å²) in [5.41, 5.74) is 6.98. The lowest BCUT2D eigenvalue weighted by Crippen LogP contribution is -2.25. The number of hydrogen-bond donors (Lipinski definition) is 2. The van der Waals surface area contributed by atoms with Crippen LogP contribution >= 0.6 is 0 Å². The molecule has 1 fully saturated rings. The summed E-state index contributed by atoms with van der Waals surface area (Å²) >= 11 is 0. The van der Waals surface area contributed by atoms with E-state index in [-0.39, 0.29) is 4.90 Å². The quantitative estimate of drug-likeness (QED) is 0.782. The Hall–Kier alpha value is -1.27. The van der Waals surface area contributed by atoms with Crippen LogP contribution in [0.4, 0.5) is 11.4 Å². The minimum absolute atomic E-state index is 0.0756. The van der Waals surface area contributed by atoms with Gasteiger partial charge in [0.25, 0.3) is 0 Å². The number of nitrogens with zero attached hydrogens (tertiary/aromatic N) is 1. The number of sulfonamides is 1. The average Bonchev–Trinajstić information content (AvgIpc) is 3.01. The summed E-state index contributed by atoms with van der Waals surface area (Å²) in [7, 11) is -3.70. The highest BCUT2D eigenvalue weighted by atomic mass is 32.2. The topological polar surface area (TPSA) is 89.4 Å². The molecule has 5 nitrogen and oxygen atoms in total. The van der Waals surface area contributed by atoms with Crippen LogP contribution in [0.1, 0.15) is 19.8 Å². The molecule has 0 spiro atoms. The molecule has 1 aliphatic rings. The number of hydrogen-bond acceptors (Lipinski definition) is 4. The molecular formula is C11H17N3O2S. The van der Waals surface area contributed by atoms with Crippen molar-refractivity contribution in [1.82, 2.24) is 0 Å². The van der Waals surface area contributed by atoms with E-state index in [4.69, 9.17) is 10.9 Å². The first-order chi connectivity index (χ1) is 7.91. The Morgan fingerprint density at radius 2 is 2.00 bits per heavy atom. The maximum absolute atomic E-state index is 11.3. The van der Waals surface area contributed by atoms with Crippen molar-refractivity contribution in [2.24, 2.45) is 5.14 Å². The van der Waals surface area contributed by atoms with Crippen molar-refractivity contribution in [3.8, 4) is 0 Å². The van der Waals surface area contributed by atoms with Crippen LogP contribution in [-0.2, 0) is 10.0 Å². The van der Waals surface area contributed by atoms with E-state index in [0.29, 0.717) is 11.7 Å². The van der Waals surface area contributed by atoms with Gasteiger partial charge in [0.1, 0.15) is 0 Å². The van der Waals surface area contributed by atoms with Gasteiger partial charge in [0.2, 0.25) is 10.0 Å². The summed E-state index contributed by atoms with van der Waals surface area (Å²) in [5.74, 6) is 0. The summed E-state index contributed by atoms with van der Waals surface area (Å²) in [6.45, 7) is 2.87. The Morgan fingerprint density at radius 3 is 2.47 bits per heavy atom. The molecule has 6 heteroatoms. The molecule has 0 atom stereocenters. The molecule has 1 aromatic rings. The normalized spacial score (nSPS) is 15.9. The van der Waals surface area contributed by atoms with Gasteiger partial charge in [0.05, 0.1) is 4.90 Å². The summed E-state index contributed by atoms with van der Waals surface area (Å²) in [6.07, 6.45) is 2.29. The predicted octanol–water partition coefficient (Wildman–Crippen LogP) is 0.905. The van der Waals surface area contributed by atoms with Gasteiger partial charge in [-0.15, -0.1) is 0 Å². The third kappa shape index (κ3) is 2.70. The fourth-order valence-electron chi connectivity index (χ4n) is 1.97. The zero-order chi connectivity index (χ0) is 12.6. The van der Waals surface area contributed by atoms with E-state index in [1.165, 1.54) is 6.07 Å². The first-order valence-electron chi connectivity index (χ1n) is 5.62. The Balaban J connectivity index is 2.43. The highest BCUT2D eigenvalue weighted by Gasteiger charge is 2.28. The van der Waals surface area contributed by atoms with Crippen LogP contribution in [0.25, 0.3) is 0 Å². The van der Waals surface area contributed by atoms with Crippen LogP contribution in [0.15, 0.2) is 23.1 Å². The van der Waals surface area contributed by atoms with Gasteiger partial charge in [0, 0.05) is 24.0 Å². The number of nitrogens with two attached hydrogens (primary N) is 2. The Labute approximate surface area is 101 Å². The van der Waals surface area contributed by atoms with Gasteiger partial charge in [0.15, 0.2) is 0 Å². The maximum atomic E-state index is 11.3. The third-order valence-corrected chi connectivity index (χ3v) is 3.79. The minimum Gasteiger partial charge on any atom is -0.399 e. The molecule has 0 radical (unpaired) electrons. The van der Waals surface area contributed by atoms with Gasteiger partial charge in [-0.25, -0.2) is 13.6 Å². The molecule has 1 aliphatic carbocycles. The molecule has 0 heterocycles. The van der Waals surface area contributed by atoms with Gasteiger partial charge in [-0.2, -0.15) is 0 Å². The Kier molecular flexibility index (Phi) is 3.01. The van der Waals surface area contributed by atoms with E-state index in [1.807, 2.05) is 6.92 Å². The molecule has 0 amide bonds. The summed E-state index contributed by atoms with van der Waals surface area (Å²) in [5, 5.41) is 5.13. The lowest BCUT2D eigenvalue weighted by molar-refractivity contribution is 0.597. The van der Waals surface area contributed by atoms with Crippen molar-refractivity contribution < 1.29 is 8.42 Å². The molecule has 4 N–H and O–H groups in total. The van der Waals surface area contributed by atoms with Crippen LogP contribution in [0.3, 0.4) is 0 Å². The van der Waals surface area contributed by atoms with Crippen LogP contribution in [0.2, 0.25) is 0 Å². The Morgan fingerprint density at radius 1 is 1.35 bits per heavy atom. The van der Waals surface area contributed by atoms with Crippen molar-refractivity contribution in [3.63, 3.8) is 0 Å². The molecule has 0 aliphatic heterocycles. The molecule has 1 saturated carbocycles. The smallest absolute Gasteiger partial charge is 0.238 e. The summed E-state index contributed by atoms with van der Waals surface area (Å²) < 4.78 is 22.7. The van der Waals surface area contributed by atoms with E-state index in [1.54, 1.807) is 12.1 Å². The standard InChI is InChI=1S/C11H17N3O2S/c1-2-14(9-3-4-9)10-5-8(12)6-11(7-10)17(13,15)16/h5-7,9H,2-4,12H2,1H3,(H2,13,15,16). The highest BCUT2D eigenvalue weighted by Crippen LogP contribution is 2.33. The minimum atomic E-state index is -3.70. The molecule has 2 rings (SSSR count). The zero-order valence-corrected chi connectivity index (χ0v) is 10.6. The fourth-order valence-corrected chi connectivity index (χ4v) is 2.56. The molecule has 0 unspecified atom stereocenters. The van der Waals surface area contributed by atoms with Crippen molar-refractivity contribution in [1.29, 1.82) is 0 Å². The van der Waals surface area contributed by atoms with E-state index < -0.39 is 10.0 Å². The van der Waals surface area contributed by atoms with Crippen molar-refractivity contribution >= 4 is 21.4 Å². The second-order valence-corrected chi connectivity index (χ2v) is 5.88. The van der Waals surface area contributed by atoms with E-state index in [2.05, 4.69) is 4.90 Å². The number of anilines is 2. The summed E-state index contributed by atoms with van der Waals surface area (Å²) in [4.78, 5) is 2.23. The monoisotopic (exact) mass is 255 g/mol. The second-order valence-electron chi connectivity index (χ2n) is 4.32. The maximum Gasteiger partial charge on any atom is 0.238 e. The van der Waals surface area contributed by atoms with E-state index >= 15 is 0 Å². The molecule has 0 aromatic heterocycles. The zero-order valence-electron chi connectivity index (χ0n) is 9.76. The first kappa shape index (κ1) is 12.2. The summed E-state index contributed by atoms with van der Waals surface area (Å²) in [6, 6.07) is 5.28. The lowest BCUT2D eigenvalue weighted by Gasteiger charge is -2.23. The van der Waals surface area contributed by atoms with Crippen LogP contribution < -0.4 is 15.8 Å². The van der Waals surface area contributed by atoms with E-state index in [9.17, 15) is 8.42 Å². The SMILES string of the molecule is CCN(c1cc(N)cc(S(N)(=O)=O)c1)C1CC1. The predicted molar refractivity (Wildman–Crippen MR) is 68.3 cm³/mol. The highest BCUT2D eigenvalue weighted by molar-refractivity contribution is 7.89. The van der Waals surface area contributed by atoms with Crippen molar-refractivity contribution in [3.05, 3.63) is 18.2 Å². The Bertz CT molecular complexity index is 524.